The molecule has 0 aliphatic heterocycles. The predicted octanol–water partition coefficient (Wildman–Crippen LogP) is 4.40. The molecule has 138 valence electrons. The highest BCUT2D eigenvalue weighted by atomic mass is 35.5. The van der Waals surface area contributed by atoms with Crippen LogP contribution in [0, 0.1) is 18.6 Å². The molecule has 0 aliphatic rings. The van der Waals surface area contributed by atoms with Gasteiger partial charge in [0.15, 0.2) is 0 Å². The van der Waals surface area contributed by atoms with E-state index in [1.54, 1.807) is 31.2 Å². The number of rotatable bonds is 4. The Labute approximate surface area is 161 Å². The molecule has 5 nitrogen and oxygen atoms in total. The van der Waals surface area contributed by atoms with E-state index in [1.165, 1.54) is 0 Å². The van der Waals surface area contributed by atoms with Gasteiger partial charge in [0.25, 0.3) is 11.8 Å². The van der Waals surface area contributed by atoms with Gasteiger partial charge >= 0.3 is 0 Å². The molecule has 3 rings (SSSR count). The fourth-order valence-electron chi connectivity index (χ4n) is 2.36. The van der Waals surface area contributed by atoms with Crippen molar-refractivity contribution in [1.82, 2.24) is 4.98 Å². The third kappa shape index (κ3) is 3.96. The predicted molar refractivity (Wildman–Crippen MR) is 100 cm³/mol. The molecule has 3 aromatic rings. The van der Waals surface area contributed by atoms with Crippen LogP contribution in [-0.4, -0.2) is 16.8 Å². The van der Waals surface area contributed by atoms with Crippen molar-refractivity contribution >= 4 is 40.4 Å². The second kappa shape index (κ2) is 7.42. The lowest BCUT2D eigenvalue weighted by Gasteiger charge is -2.08. The van der Waals surface area contributed by atoms with E-state index < -0.39 is 29.0 Å². The van der Waals surface area contributed by atoms with Crippen LogP contribution in [0.1, 0.15) is 25.7 Å². The molecule has 9 heteroatoms. The van der Waals surface area contributed by atoms with Gasteiger partial charge < -0.3 is 11.1 Å². The molecule has 0 aliphatic carbocycles. The highest BCUT2D eigenvalue weighted by Gasteiger charge is 2.20. The van der Waals surface area contributed by atoms with E-state index in [0.29, 0.717) is 21.8 Å². The third-order valence-corrected chi connectivity index (χ3v) is 5.09. The Balaban J connectivity index is 1.92. The smallest absolute Gasteiger partial charge is 0.267 e. The van der Waals surface area contributed by atoms with Crippen LogP contribution in [-0.2, 0) is 0 Å². The highest BCUT2D eigenvalue weighted by Crippen LogP contribution is 2.30. The minimum absolute atomic E-state index is 0.245. The number of nitrogens with two attached hydrogens (primary N) is 1. The Kier molecular flexibility index (Phi) is 5.20. The van der Waals surface area contributed by atoms with Crippen molar-refractivity contribution in [2.24, 2.45) is 5.73 Å². The molecule has 0 spiro atoms. The summed E-state index contributed by atoms with van der Waals surface area (Å²) in [7, 11) is 0. The lowest BCUT2D eigenvalue weighted by molar-refractivity contribution is 0.0992. The Morgan fingerprint density at radius 3 is 2.59 bits per heavy atom. The molecular weight excluding hydrogens is 396 g/mol. The first-order valence-corrected chi connectivity index (χ1v) is 8.79. The number of nitrogens with one attached hydrogen (secondary N) is 1. The fraction of sp³-hybridized carbons (Fsp3) is 0.0556. The molecule has 2 aromatic carbocycles. The molecule has 0 atom stereocenters. The number of benzene rings is 2. The number of halogens is 3. The number of aryl methyl sites for hydroxylation is 1. The average molecular weight is 408 g/mol. The molecule has 1 aromatic heterocycles. The van der Waals surface area contributed by atoms with Gasteiger partial charge in [-0.15, -0.1) is 11.3 Å². The topological polar surface area (TPSA) is 85.1 Å². The zero-order valence-corrected chi connectivity index (χ0v) is 15.4. The molecular formula is C18H12ClF2N3O2S. The molecule has 1 heterocycles. The number of thiazole rings is 1. The van der Waals surface area contributed by atoms with Crippen LogP contribution in [0.4, 0.5) is 14.5 Å². The van der Waals surface area contributed by atoms with Crippen LogP contribution in [0.3, 0.4) is 0 Å². The molecule has 0 saturated heterocycles. The molecule has 0 fully saturated rings. The Hall–Kier alpha value is -2.84. The van der Waals surface area contributed by atoms with Crippen LogP contribution in [0.2, 0.25) is 5.02 Å². The zero-order chi connectivity index (χ0) is 19.7. The first kappa shape index (κ1) is 18.9. The van der Waals surface area contributed by atoms with Crippen LogP contribution in [0.25, 0.3) is 10.6 Å². The second-order valence-electron chi connectivity index (χ2n) is 5.57. The standard InChI is InChI=1S/C18H12ClF2N3O2S/c1-8-15(27-18(23-8)9-3-2-4-10(19)5-9)17(26)24-14-6-11(16(22)25)12(20)7-13(14)21/h2-7H,1H3,(H2,22,25)(H,24,26). The van der Waals surface area contributed by atoms with Crippen molar-refractivity contribution in [3.63, 3.8) is 0 Å². The van der Waals surface area contributed by atoms with Crippen LogP contribution in [0.5, 0.6) is 0 Å². The normalized spacial score (nSPS) is 10.7. The number of carbonyl (C=O) groups excluding carboxylic acids is 2. The number of primary amides is 1. The lowest BCUT2D eigenvalue weighted by Crippen LogP contribution is -2.17. The first-order valence-electron chi connectivity index (χ1n) is 7.60. The molecule has 27 heavy (non-hydrogen) atoms. The quantitative estimate of drug-likeness (QED) is 0.672. The van der Waals surface area contributed by atoms with Crippen molar-refractivity contribution < 1.29 is 18.4 Å². The van der Waals surface area contributed by atoms with Crippen LogP contribution in [0.15, 0.2) is 36.4 Å². The lowest BCUT2D eigenvalue weighted by atomic mass is 10.1. The van der Waals surface area contributed by atoms with Gasteiger partial charge in [0.2, 0.25) is 0 Å². The van der Waals surface area contributed by atoms with Gasteiger partial charge in [-0.2, -0.15) is 0 Å². The zero-order valence-electron chi connectivity index (χ0n) is 13.8. The monoisotopic (exact) mass is 407 g/mol. The summed E-state index contributed by atoms with van der Waals surface area (Å²) in [4.78, 5) is 28.3. The number of anilines is 1. The van der Waals surface area contributed by atoms with E-state index in [0.717, 1.165) is 23.0 Å². The van der Waals surface area contributed by atoms with Gasteiger partial charge in [-0.05, 0) is 25.1 Å². The van der Waals surface area contributed by atoms with Gasteiger partial charge in [0.05, 0.1) is 16.9 Å². The number of nitrogens with zero attached hydrogens (tertiary/aromatic N) is 1. The number of carbonyl (C=O) groups is 2. The summed E-state index contributed by atoms with van der Waals surface area (Å²) in [6.07, 6.45) is 0. The van der Waals surface area contributed by atoms with Gasteiger partial charge in [0.1, 0.15) is 21.5 Å². The summed E-state index contributed by atoms with van der Waals surface area (Å²) in [5, 5.41) is 3.42. The van der Waals surface area contributed by atoms with Crippen molar-refractivity contribution in [2.75, 3.05) is 5.32 Å². The fourth-order valence-corrected chi connectivity index (χ4v) is 3.51. The molecule has 0 unspecified atom stereocenters. The SMILES string of the molecule is Cc1nc(-c2cccc(Cl)c2)sc1C(=O)Nc1cc(C(N)=O)c(F)cc1F. The van der Waals surface area contributed by atoms with E-state index in [1.807, 2.05) is 0 Å². The summed E-state index contributed by atoms with van der Waals surface area (Å²) in [6, 6.07) is 8.33. The molecule has 0 saturated carbocycles. The van der Waals surface area contributed by atoms with E-state index in [-0.39, 0.29) is 10.6 Å². The molecule has 0 radical (unpaired) electrons. The van der Waals surface area contributed by atoms with Gasteiger partial charge in [0, 0.05) is 16.7 Å². The van der Waals surface area contributed by atoms with E-state index >= 15 is 0 Å². The minimum atomic E-state index is -1.10. The maximum Gasteiger partial charge on any atom is 0.267 e. The van der Waals surface area contributed by atoms with Gasteiger partial charge in [-0.1, -0.05) is 23.7 Å². The molecule has 0 bridgehead atoms. The minimum Gasteiger partial charge on any atom is -0.366 e. The first-order chi connectivity index (χ1) is 12.8. The van der Waals surface area contributed by atoms with Crippen molar-refractivity contribution in [3.8, 4) is 10.6 Å². The summed E-state index contributed by atoms with van der Waals surface area (Å²) in [6.45, 7) is 1.63. The number of hydrogen-bond acceptors (Lipinski definition) is 4. The highest BCUT2D eigenvalue weighted by molar-refractivity contribution is 7.17. The summed E-state index contributed by atoms with van der Waals surface area (Å²) < 4.78 is 27.5. The Morgan fingerprint density at radius 1 is 1.19 bits per heavy atom. The van der Waals surface area contributed by atoms with Crippen molar-refractivity contribution in [1.29, 1.82) is 0 Å². The van der Waals surface area contributed by atoms with E-state index in [4.69, 9.17) is 17.3 Å². The maximum atomic E-state index is 14.0. The number of hydrogen-bond donors (Lipinski definition) is 2. The van der Waals surface area contributed by atoms with Gasteiger partial charge in [-0.3, -0.25) is 9.59 Å². The van der Waals surface area contributed by atoms with E-state index in [9.17, 15) is 18.4 Å². The second-order valence-corrected chi connectivity index (χ2v) is 7.01. The third-order valence-electron chi connectivity index (χ3n) is 3.64. The number of amides is 2. The van der Waals surface area contributed by atoms with Crippen LogP contribution >= 0.6 is 22.9 Å². The summed E-state index contributed by atoms with van der Waals surface area (Å²) in [5.41, 5.74) is 5.34. The van der Waals surface area contributed by atoms with Crippen molar-refractivity contribution in [2.45, 2.75) is 6.92 Å². The summed E-state index contributed by atoms with van der Waals surface area (Å²) in [5.74, 6) is -3.84. The number of aromatic nitrogens is 1. The van der Waals surface area contributed by atoms with Crippen molar-refractivity contribution in [3.05, 3.63) is 69.2 Å². The largest absolute Gasteiger partial charge is 0.366 e. The van der Waals surface area contributed by atoms with Crippen LogP contribution < -0.4 is 11.1 Å². The summed E-state index contributed by atoms with van der Waals surface area (Å²) >= 11 is 7.07. The van der Waals surface area contributed by atoms with Gasteiger partial charge in [-0.25, -0.2) is 13.8 Å². The molecule has 2 amide bonds. The maximum absolute atomic E-state index is 14.0. The molecule has 3 N–H and O–H groups in total. The average Bonchev–Trinajstić information content (AvgIpc) is 2.99. The Morgan fingerprint density at radius 2 is 1.93 bits per heavy atom. The Bertz CT molecular complexity index is 1070. The van der Waals surface area contributed by atoms with E-state index in [2.05, 4.69) is 10.3 Å².